The van der Waals surface area contributed by atoms with Crippen molar-refractivity contribution < 1.29 is 23.8 Å². The number of rotatable bonds is 7. The second-order valence-corrected chi connectivity index (χ2v) is 6.15. The van der Waals surface area contributed by atoms with Crippen molar-refractivity contribution >= 4 is 35.2 Å². The maximum Gasteiger partial charge on any atom is 0.263 e. The van der Waals surface area contributed by atoms with Gasteiger partial charge in [0.25, 0.3) is 11.8 Å². The van der Waals surface area contributed by atoms with Crippen LogP contribution in [0.1, 0.15) is 5.56 Å². The summed E-state index contributed by atoms with van der Waals surface area (Å²) < 4.78 is 16.4. The minimum absolute atomic E-state index is 0.00101. The van der Waals surface area contributed by atoms with Gasteiger partial charge in [0, 0.05) is 0 Å². The zero-order valence-corrected chi connectivity index (χ0v) is 15.9. The number of carbonyl (C=O) groups is 2. The third kappa shape index (κ3) is 5.08. The SMILES string of the molecule is COc1ccc(OCCOc2cccc(C=C3C(=O)NC(=S)NC3=O)c2)cc1. The van der Waals surface area contributed by atoms with Crippen LogP contribution >= 0.6 is 12.2 Å². The van der Waals surface area contributed by atoms with E-state index in [9.17, 15) is 9.59 Å². The molecule has 2 N–H and O–H groups in total. The quantitative estimate of drug-likeness (QED) is 0.321. The summed E-state index contributed by atoms with van der Waals surface area (Å²) in [5, 5.41) is 4.79. The number of benzene rings is 2. The fourth-order valence-corrected chi connectivity index (χ4v) is 2.64. The number of methoxy groups -OCH3 is 1. The molecule has 0 saturated carbocycles. The van der Waals surface area contributed by atoms with Gasteiger partial charge in [0.15, 0.2) is 5.11 Å². The average Bonchev–Trinajstić information content (AvgIpc) is 2.69. The van der Waals surface area contributed by atoms with Gasteiger partial charge in [0.05, 0.1) is 7.11 Å². The minimum Gasteiger partial charge on any atom is -0.497 e. The Kier molecular flexibility index (Phi) is 6.23. The van der Waals surface area contributed by atoms with Crippen LogP contribution in [0.3, 0.4) is 0 Å². The van der Waals surface area contributed by atoms with Crippen LogP contribution in [0.5, 0.6) is 17.2 Å². The first-order valence-electron chi connectivity index (χ1n) is 8.43. The summed E-state index contributed by atoms with van der Waals surface area (Å²) in [6.07, 6.45) is 1.48. The van der Waals surface area contributed by atoms with Crippen LogP contribution in [0.25, 0.3) is 6.08 Å². The molecule has 2 amide bonds. The van der Waals surface area contributed by atoms with Gasteiger partial charge in [-0.25, -0.2) is 0 Å². The molecule has 7 nitrogen and oxygen atoms in total. The van der Waals surface area contributed by atoms with Crippen LogP contribution < -0.4 is 24.8 Å². The molecule has 0 unspecified atom stereocenters. The van der Waals surface area contributed by atoms with Gasteiger partial charge >= 0.3 is 0 Å². The molecule has 0 aromatic heterocycles. The fourth-order valence-electron chi connectivity index (χ4n) is 2.46. The van der Waals surface area contributed by atoms with E-state index in [4.69, 9.17) is 26.4 Å². The highest BCUT2D eigenvalue weighted by Gasteiger charge is 2.25. The van der Waals surface area contributed by atoms with Gasteiger partial charge in [0.2, 0.25) is 0 Å². The Labute approximate surface area is 167 Å². The normalized spacial score (nSPS) is 13.5. The Morgan fingerprint density at radius 3 is 2.14 bits per heavy atom. The predicted octanol–water partition coefficient (Wildman–Crippen LogP) is 2.07. The number of carbonyl (C=O) groups excluding carboxylic acids is 2. The van der Waals surface area contributed by atoms with E-state index in [0.717, 1.165) is 11.5 Å². The lowest BCUT2D eigenvalue weighted by atomic mass is 10.1. The maximum atomic E-state index is 11.9. The van der Waals surface area contributed by atoms with Gasteiger partial charge in [-0.1, -0.05) is 12.1 Å². The van der Waals surface area contributed by atoms with Gasteiger partial charge in [0.1, 0.15) is 36.0 Å². The molecule has 0 spiro atoms. The number of amides is 2. The molecule has 0 atom stereocenters. The summed E-state index contributed by atoms with van der Waals surface area (Å²) in [6, 6.07) is 14.3. The molecule has 0 aliphatic carbocycles. The van der Waals surface area contributed by atoms with Gasteiger partial charge in [-0.2, -0.15) is 0 Å². The van der Waals surface area contributed by atoms with E-state index in [0.29, 0.717) is 24.5 Å². The molecule has 1 heterocycles. The first kappa shape index (κ1) is 19.4. The van der Waals surface area contributed by atoms with Crippen molar-refractivity contribution in [2.45, 2.75) is 0 Å². The minimum atomic E-state index is -0.534. The van der Waals surface area contributed by atoms with Crippen LogP contribution in [-0.4, -0.2) is 37.3 Å². The van der Waals surface area contributed by atoms with E-state index in [1.54, 1.807) is 31.4 Å². The summed E-state index contributed by atoms with van der Waals surface area (Å²) in [5.74, 6) is 1.01. The Morgan fingerprint density at radius 2 is 1.50 bits per heavy atom. The number of hydrogen-bond donors (Lipinski definition) is 2. The van der Waals surface area contributed by atoms with Gasteiger partial charge in [-0.05, 0) is 60.3 Å². The lowest BCUT2D eigenvalue weighted by molar-refractivity contribution is -0.123. The van der Waals surface area contributed by atoms with E-state index in [1.165, 1.54) is 6.08 Å². The fraction of sp³-hybridized carbons (Fsp3) is 0.150. The standard InChI is InChI=1S/C20H18N2O5S/c1-25-14-5-7-15(8-6-14)26-9-10-27-16-4-2-3-13(11-16)12-17-18(23)21-20(28)22-19(17)24/h2-8,11-12H,9-10H2,1H3,(H2,21,22,23,24,28). The molecule has 144 valence electrons. The monoisotopic (exact) mass is 398 g/mol. The molecule has 2 aromatic rings. The second kappa shape index (κ2) is 9.01. The van der Waals surface area contributed by atoms with E-state index in [2.05, 4.69) is 10.6 Å². The molecule has 0 bridgehead atoms. The molecular weight excluding hydrogens is 380 g/mol. The molecule has 1 aliphatic heterocycles. The lowest BCUT2D eigenvalue weighted by Gasteiger charge is -2.16. The van der Waals surface area contributed by atoms with Crippen LogP contribution in [0, 0.1) is 0 Å². The van der Waals surface area contributed by atoms with Crippen molar-refractivity contribution in [2.75, 3.05) is 20.3 Å². The first-order valence-corrected chi connectivity index (χ1v) is 8.84. The summed E-state index contributed by atoms with van der Waals surface area (Å²) in [7, 11) is 1.61. The van der Waals surface area contributed by atoms with Crippen molar-refractivity contribution in [3.8, 4) is 17.2 Å². The van der Waals surface area contributed by atoms with E-state index in [-0.39, 0.29) is 10.7 Å². The third-order valence-corrected chi connectivity index (χ3v) is 4.00. The number of ether oxygens (including phenoxy) is 3. The van der Waals surface area contributed by atoms with Crippen LogP contribution in [0.15, 0.2) is 54.1 Å². The molecule has 3 rings (SSSR count). The molecule has 0 radical (unpaired) electrons. The van der Waals surface area contributed by atoms with Gasteiger partial charge in [-0.3, -0.25) is 20.2 Å². The highest BCUT2D eigenvalue weighted by atomic mass is 32.1. The highest BCUT2D eigenvalue weighted by molar-refractivity contribution is 7.80. The Balaban J connectivity index is 1.56. The molecule has 28 heavy (non-hydrogen) atoms. The average molecular weight is 398 g/mol. The highest BCUT2D eigenvalue weighted by Crippen LogP contribution is 2.18. The molecule has 1 aliphatic rings. The topological polar surface area (TPSA) is 85.9 Å². The second-order valence-electron chi connectivity index (χ2n) is 5.74. The van der Waals surface area contributed by atoms with E-state index in [1.807, 2.05) is 24.3 Å². The lowest BCUT2D eigenvalue weighted by Crippen LogP contribution is -2.51. The zero-order valence-electron chi connectivity index (χ0n) is 15.1. The van der Waals surface area contributed by atoms with Crippen molar-refractivity contribution in [1.82, 2.24) is 10.6 Å². The molecule has 1 fully saturated rings. The smallest absolute Gasteiger partial charge is 0.263 e. The molecular formula is C20H18N2O5S. The number of hydrogen-bond acceptors (Lipinski definition) is 6. The summed E-state index contributed by atoms with van der Waals surface area (Å²) in [4.78, 5) is 23.8. The Hall–Kier alpha value is -3.39. The molecule has 8 heteroatoms. The van der Waals surface area contributed by atoms with Crippen LogP contribution in [-0.2, 0) is 9.59 Å². The summed E-state index contributed by atoms with van der Waals surface area (Å²) in [6.45, 7) is 0.696. The Bertz CT molecular complexity index is 902. The van der Waals surface area contributed by atoms with Gasteiger partial charge in [-0.15, -0.1) is 0 Å². The predicted molar refractivity (Wildman–Crippen MR) is 107 cm³/mol. The number of nitrogens with one attached hydrogen (secondary N) is 2. The van der Waals surface area contributed by atoms with Crippen molar-refractivity contribution in [3.63, 3.8) is 0 Å². The van der Waals surface area contributed by atoms with E-state index < -0.39 is 11.8 Å². The number of thiocarbonyl (C=S) groups is 1. The maximum absolute atomic E-state index is 11.9. The van der Waals surface area contributed by atoms with Crippen molar-refractivity contribution in [1.29, 1.82) is 0 Å². The summed E-state index contributed by atoms with van der Waals surface area (Å²) in [5.41, 5.74) is 0.635. The third-order valence-electron chi connectivity index (χ3n) is 3.79. The first-order chi connectivity index (χ1) is 13.5. The van der Waals surface area contributed by atoms with E-state index >= 15 is 0 Å². The van der Waals surface area contributed by atoms with Crippen LogP contribution in [0.4, 0.5) is 0 Å². The Morgan fingerprint density at radius 1 is 0.893 bits per heavy atom. The largest absolute Gasteiger partial charge is 0.497 e. The van der Waals surface area contributed by atoms with Crippen LogP contribution in [0.2, 0.25) is 0 Å². The zero-order chi connectivity index (χ0) is 19.9. The van der Waals surface area contributed by atoms with Crippen molar-refractivity contribution in [3.05, 3.63) is 59.7 Å². The van der Waals surface area contributed by atoms with Gasteiger partial charge < -0.3 is 14.2 Å². The summed E-state index contributed by atoms with van der Waals surface area (Å²) >= 11 is 4.78. The van der Waals surface area contributed by atoms with Crippen molar-refractivity contribution in [2.24, 2.45) is 0 Å². The molecule has 2 aromatic carbocycles. The molecule has 1 saturated heterocycles.